The monoisotopic (exact) mass is 239 g/mol. The van der Waals surface area contributed by atoms with Crippen LogP contribution in [-0.4, -0.2) is 40.9 Å². The highest BCUT2D eigenvalue weighted by Gasteiger charge is 2.18. The second-order valence-corrected chi connectivity index (χ2v) is 4.96. The molecule has 0 N–H and O–H groups in total. The summed E-state index contributed by atoms with van der Waals surface area (Å²) >= 11 is 0. The van der Waals surface area contributed by atoms with Gasteiger partial charge in [-0.2, -0.15) is 0 Å². The van der Waals surface area contributed by atoms with Crippen LogP contribution in [0.1, 0.15) is 44.9 Å². The van der Waals surface area contributed by atoms with Crippen molar-refractivity contribution < 1.29 is 9.15 Å². The fourth-order valence-corrected chi connectivity index (χ4v) is 1.98. The molecule has 0 spiro atoms. The summed E-state index contributed by atoms with van der Waals surface area (Å²) in [6.07, 6.45) is 1.35. The summed E-state index contributed by atoms with van der Waals surface area (Å²) in [5.74, 6) is 1.73. The first-order chi connectivity index (χ1) is 8.15. The molecule has 2 heterocycles. The van der Waals surface area contributed by atoms with Crippen LogP contribution in [0.4, 0.5) is 0 Å². The third kappa shape index (κ3) is 3.51. The summed E-state index contributed by atoms with van der Waals surface area (Å²) in [4.78, 5) is 2.31. The van der Waals surface area contributed by atoms with Crippen LogP contribution in [0.5, 0.6) is 0 Å². The van der Waals surface area contributed by atoms with E-state index in [-0.39, 0.29) is 6.10 Å². The zero-order valence-corrected chi connectivity index (χ0v) is 10.8. The van der Waals surface area contributed by atoms with Gasteiger partial charge in [-0.15, -0.1) is 10.2 Å². The maximum absolute atomic E-state index is 5.62. The van der Waals surface area contributed by atoms with Crippen molar-refractivity contribution in [2.24, 2.45) is 0 Å². The lowest BCUT2D eigenvalue weighted by Gasteiger charge is -2.19. The van der Waals surface area contributed by atoms with Crippen molar-refractivity contribution in [3.63, 3.8) is 0 Å². The van der Waals surface area contributed by atoms with Crippen molar-refractivity contribution in [1.82, 2.24) is 15.1 Å². The molecule has 1 aromatic rings. The molecule has 96 valence electrons. The zero-order valence-electron chi connectivity index (χ0n) is 10.8. The summed E-state index contributed by atoms with van der Waals surface area (Å²) in [6, 6.07) is 0. The fourth-order valence-electron chi connectivity index (χ4n) is 1.98. The van der Waals surface area contributed by atoms with Crippen molar-refractivity contribution in [2.45, 2.75) is 45.8 Å². The second-order valence-electron chi connectivity index (χ2n) is 4.96. The Balaban J connectivity index is 1.94. The first kappa shape index (κ1) is 12.5. The molecule has 0 amide bonds. The van der Waals surface area contributed by atoms with E-state index >= 15 is 0 Å². The zero-order chi connectivity index (χ0) is 12.3. The SMILES string of the molecule is CC(C)c1nnc(CN2CCCO[C@@H](C)C2)o1. The summed E-state index contributed by atoms with van der Waals surface area (Å²) in [7, 11) is 0. The quantitative estimate of drug-likeness (QED) is 0.805. The molecule has 0 aliphatic carbocycles. The number of hydrogen-bond donors (Lipinski definition) is 0. The normalized spacial score (nSPS) is 22.9. The largest absolute Gasteiger partial charge is 0.424 e. The number of hydrogen-bond acceptors (Lipinski definition) is 5. The minimum absolute atomic E-state index is 0.282. The molecule has 0 bridgehead atoms. The van der Waals surface area contributed by atoms with Crippen LogP contribution in [0, 0.1) is 0 Å². The fraction of sp³-hybridized carbons (Fsp3) is 0.833. The van der Waals surface area contributed by atoms with Crippen LogP contribution < -0.4 is 0 Å². The predicted molar refractivity (Wildman–Crippen MR) is 63.7 cm³/mol. The lowest BCUT2D eigenvalue weighted by Crippen LogP contribution is -2.29. The van der Waals surface area contributed by atoms with Crippen LogP contribution in [0.15, 0.2) is 4.42 Å². The first-order valence-electron chi connectivity index (χ1n) is 6.31. The topological polar surface area (TPSA) is 51.4 Å². The van der Waals surface area contributed by atoms with E-state index in [9.17, 15) is 0 Å². The van der Waals surface area contributed by atoms with E-state index in [1.54, 1.807) is 0 Å². The summed E-state index contributed by atoms with van der Waals surface area (Å²) in [5.41, 5.74) is 0. The highest BCUT2D eigenvalue weighted by molar-refractivity contribution is 4.87. The van der Waals surface area contributed by atoms with Gasteiger partial charge in [0.2, 0.25) is 11.8 Å². The summed E-state index contributed by atoms with van der Waals surface area (Å²) in [5, 5.41) is 8.14. The average molecular weight is 239 g/mol. The smallest absolute Gasteiger partial charge is 0.230 e. The van der Waals surface area contributed by atoms with E-state index in [2.05, 4.69) is 35.9 Å². The first-order valence-corrected chi connectivity index (χ1v) is 6.31. The Bertz CT molecular complexity index is 351. The van der Waals surface area contributed by atoms with Crippen molar-refractivity contribution in [3.05, 3.63) is 11.8 Å². The Morgan fingerprint density at radius 1 is 1.41 bits per heavy atom. The van der Waals surface area contributed by atoms with Gasteiger partial charge in [0.25, 0.3) is 0 Å². The molecule has 1 fully saturated rings. The molecule has 0 radical (unpaired) electrons. The maximum Gasteiger partial charge on any atom is 0.230 e. The molecule has 5 nitrogen and oxygen atoms in total. The second kappa shape index (κ2) is 5.60. The van der Waals surface area contributed by atoms with Gasteiger partial charge in [-0.25, -0.2) is 0 Å². The third-order valence-electron chi connectivity index (χ3n) is 2.87. The van der Waals surface area contributed by atoms with E-state index in [1.807, 2.05) is 0 Å². The van der Waals surface area contributed by atoms with Crippen LogP contribution in [0.3, 0.4) is 0 Å². The van der Waals surface area contributed by atoms with Crippen molar-refractivity contribution in [3.8, 4) is 0 Å². The maximum atomic E-state index is 5.62. The molecule has 1 aliphatic heterocycles. The van der Waals surface area contributed by atoms with Gasteiger partial charge in [0.1, 0.15) is 0 Å². The molecule has 0 unspecified atom stereocenters. The third-order valence-corrected chi connectivity index (χ3v) is 2.87. The van der Waals surface area contributed by atoms with Gasteiger partial charge in [-0.05, 0) is 13.3 Å². The molecular weight excluding hydrogens is 218 g/mol. The van der Waals surface area contributed by atoms with Gasteiger partial charge in [0, 0.05) is 25.6 Å². The molecular formula is C12H21N3O2. The molecule has 1 saturated heterocycles. The highest BCUT2D eigenvalue weighted by Crippen LogP contribution is 2.14. The lowest BCUT2D eigenvalue weighted by molar-refractivity contribution is 0.0655. The molecule has 1 aliphatic rings. The molecule has 0 aromatic carbocycles. The number of rotatable bonds is 3. The van der Waals surface area contributed by atoms with Crippen molar-refractivity contribution in [1.29, 1.82) is 0 Å². The van der Waals surface area contributed by atoms with Crippen LogP contribution >= 0.6 is 0 Å². The Hall–Kier alpha value is -0.940. The van der Waals surface area contributed by atoms with Crippen LogP contribution in [0.25, 0.3) is 0 Å². The standard InChI is InChI=1S/C12H21N3O2/c1-9(2)12-14-13-11(17-12)8-15-5-4-6-16-10(3)7-15/h9-10H,4-8H2,1-3H3/t10-/m0/s1. The number of nitrogens with zero attached hydrogens (tertiary/aromatic N) is 3. The summed E-state index contributed by atoms with van der Waals surface area (Å²) in [6.45, 7) is 9.75. The minimum Gasteiger partial charge on any atom is -0.424 e. The Labute approximate surface area is 102 Å². The Morgan fingerprint density at radius 2 is 2.24 bits per heavy atom. The molecule has 1 atom stereocenters. The Morgan fingerprint density at radius 3 is 2.94 bits per heavy atom. The predicted octanol–water partition coefficient (Wildman–Crippen LogP) is 1.80. The van der Waals surface area contributed by atoms with Crippen molar-refractivity contribution in [2.75, 3.05) is 19.7 Å². The Kier molecular flexibility index (Phi) is 4.12. The van der Waals surface area contributed by atoms with Gasteiger partial charge in [-0.1, -0.05) is 13.8 Å². The van der Waals surface area contributed by atoms with Gasteiger partial charge >= 0.3 is 0 Å². The molecule has 0 saturated carbocycles. The van der Waals surface area contributed by atoms with Crippen LogP contribution in [-0.2, 0) is 11.3 Å². The lowest BCUT2D eigenvalue weighted by atomic mass is 10.2. The van der Waals surface area contributed by atoms with E-state index in [0.717, 1.165) is 38.6 Å². The van der Waals surface area contributed by atoms with Gasteiger partial charge in [0.05, 0.1) is 12.6 Å². The minimum atomic E-state index is 0.282. The number of ether oxygens (including phenoxy) is 1. The van der Waals surface area contributed by atoms with E-state index < -0.39 is 0 Å². The van der Waals surface area contributed by atoms with Gasteiger partial charge in [-0.3, -0.25) is 4.90 Å². The van der Waals surface area contributed by atoms with Crippen LogP contribution in [0.2, 0.25) is 0 Å². The molecule has 1 aromatic heterocycles. The average Bonchev–Trinajstić information content (AvgIpc) is 2.63. The molecule has 5 heteroatoms. The highest BCUT2D eigenvalue weighted by atomic mass is 16.5. The van der Waals surface area contributed by atoms with E-state index in [0.29, 0.717) is 11.8 Å². The summed E-state index contributed by atoms with van der Waals surface area (Å²) < 4.78 is 11.2. The number of aromatic nitrogens is 2. The molecule has 17 heavy (non-hydrogen) atoms. The van der Waals surface area contributed by atoms with Gasteiger partial charge < -0.3 is 9.15 Å². The van der Waals surface area contributed by atoms with E-state index in [4.69, 9.17) is 9.15 Å². The van der Waals surface area contributed by atoms with Gasteiger partial charge in [0.15, 0.2) is 0 Å². The molecule has 2 rings (SSSR count). The van der Waals surface area contributed by atoms with E-state index in [1.165, 1.54) is 0 Å². The van der Waals surface area contributed by atoms with Crippen molar-refractivity contribution >= 4 is 0 Å².